The lowest BCUT2D eigenvalue weighted by atomic mass is 10.0. The van der Waals surface area contributed by atoms with E-state index in [4.69, 9.17) is 4.74 Å². The fraction of sp³-hybridized carbons (Fsp3) is 0.667. The van der Waals surface area contributed by atoms with Gasteiger partial charge in [0.25, 0.3) is 0 Å². The third-order valence-electron chi connectivity index (χ3n) is 4.86. The predicted molar refractivity (Wildman–Crippen MR) is 106 cm³/mol. The van der Waals surface area contributed by atoms with Crippen molar-refractivity contribution in [1.29, 1.82) is 0 Å². The molecule has 0 aliphatic carbocycles. The topological polar surface area (TPSA) is 68.6 Å². The molecule has 0 spiro atoms. The van der Waals surface area contributed by atoms with Gasteiger partial charge in [-0.05, 0) is 38.7 Å². The summed E-state index contributed by atoms with van der Waals surface area (Å²) >= 11 is 0. The highest BCUT2D eigenvalue weighted by Gasteiger charge is 2.28. The molecule has 1 amide bonds. The average Bonchev–Trinajstić information content (AvgIpc) is 2.86. The molecule has 1 aromatic heterocycles. The van der Waals surface area contributed by atoms with Gasteiger partial charge in [-0.1, -0.05) is 27.7 Å². The molecule has 1 heterocycles. The van der Waals surface area contributed by atoms with Crippen molar-refractivity contribution in [3.8, 4) is 0 Å². The first-order valence-electron chi connectivity index (χ1n) is 9.66. The molecule has 0 atom stereocenters. The maximum atomic E-state index is 13.1. The SMILES string of the molecule is CCn1c(C)c(C(=O)CN(CCC(C)C)C(=O)C(C)C)c(C)c1C(=O)OC. The number of rotatable bonds is 9. The van der Waals surface area contributed by atoms with E-state index >= 15 is 0 Å². The Labute approximate surface area is 162 Å². The van der Waals surface area contributed by atoms with Gasteiger partial charge in [0, 0.05) is 30.3 Å². The van der Waals surface area contributed by atoms with Gasteiger partial charge in [0.1, 0.15) is 5.69 Å². The summed E-state index contributed by atoms with van der Waals surface area (Å²) in [5.41, 5.74) is 2.28. The highest BCUT2D eigenvalue weighted by molar-refractivity contribution is 6.04. The Morgan fingerprint density at radius 3 is 2.15 bits per heavy atom. The van der Waals surface area contributed by atoms with Crippen molar-refractivity contribution in [2.45, 2.75) is 61.4 Å². The number of aromatic nitrogens is 1. The lowest BCUT2D eigenvalue weighted by molar-refractivity contribution is -0.134. The number of Topliss-reactive ketones (excluding diaryl/α,β-unsaturated/α-hetero) is 1. The summed E-state index contributed by atoms with van der Waals surface area (Å²) in [5, 5.41) is 0. The molecule has 6 heteroatoms. The van der Waals surface area contributed by atoms with Crippen molar-refractivity contribution in [2.75, 3.05) is 20.2 Å². The molecular weight excluding hydrogens is 344 g/mol. The van der Waals surface area contributed by atoms with Gasteiger partial charge < -0.3 is 14.2 Å². The number of ether oxygens (including phenoxy) is 1. The summed E-state index contributed by atoms with van der Waals surface area (Å²) in [6.45, 7) is 14.5. The van der Waals surface area contributed by atoms with Gasteiger partial charge in [-0.15, -0.1) is 0 Å². The van der Waals surface area contributed by atoms with Crippen LogP contribution in [-0.2, 0) is 16.1 Å². The summed E-state index contributed by atoms with van der Waals surface area (Å²) in [6, 6.07) is 0. The molecular formula is C21H34N2O4. The van der Waals surface area contributed by atoms with Crippen LogP contribution in [0.15, 0.2) is 0 Å². The second kappa shape index (κ2) is 9.72. The first-order chi connectivity index (χ1) is 12.6. The van der Waals surface area contributed by atoms with Crippen molar-refractivity contribution in [1.82, 2.24) is 9.47 Å². The minimum absolute atomic E-state index is 0.0255. The maximum absolute atomic E-state index is 13.1. The molecule has 152 valence electrons. The third-order valence-corrected chi connectivity index (χ3v) is 4.86. The number of ketones is 1. The summed E-state index contributed by atoms with van der Waals surface area (Å²) in [4.78, 5) is 39.5. The monoisotopic (exact) mass is 378 g/mol. The number of amides is 1. The van der Waals surface area contributed by atoms with Gasteiger partial charge in [0.15, 0.2) is 5.78 Å². The second-order valence-corrected chi connectivity index (χ2v) is 7.69. The fourth-order valence-electron chi connectivity index (χ4n) is 3.36. The van der Waals surface area contributed by atoms with Crippen LogP contribution in [-0.4, -0.2) is 47.3 Å². The molecule has 6 nitrogen and oxygen atoms in total. The normalized spacial score (nSPS) is 11.2. The van der Waals surface area contributed by atoms with Crippen LogP contribution in [0, 0.1) is 25.7 Å². The van der Waals surface area contributed by atoms with Gasteiger partial charge in [-0.25, -0.2) is 4.79 Å². The van der Waals surface area contributed by atoms with Gasteiger partial charge in [-0.2, -0.15) is 0 Å². The zero-order chi connectivity index (χ0) is 20.9. The Morgan fingerprint density at radius 2 is 1.70 bits per heavy atom. The number of hydrogen-bond donors (Lipinski definition) is 0. The van der Waals surface area contributed by atoms with Crippen LogP contribution in [0.5, 0.6) is 0 Å². The number of methoxy groups -OCH3 is 1. The molecule has 0 N–H and O–H groups in total. The van der Waals surface area contributed by atoms with Crippen LogP contribution < -0.4 is 0 Å². The highest BCUT2D eigenvalue weighted by Crippen LogP contribution is 2.24. The van der Waals surface area contributed by atoms with Gasteiger partial charge in [-0.3, -0.25) is 9.59 Å². The molecule has 0 fully saturated rings. The van der Waals surface area contributed by atoms with Crippen LogP contribution in [0.2, 0.25) is 0 Å². The largest absolute Gasteiger partial charge is 0.464 e. The minimum atomic E-state index is -0.452. The molecule has 1 rings (SSSR count). The highest BCUT2D eigenvalue weighted by atomic mass is 16.5. The molecule has 0 aliphatic rings. The summed E-state index contributed by atoms with van der Waals surface area (Å²) in [5.74, 6) is -0.342. The van der Waals surface area contributed by atoms with E-state index in [2.05, 4.69) is 13.8 Å². The molecule has 0 unspecified atom stereocenters. The third kappa shape index (κ3) is 5.21. The summed E-state index contributed by atoms with van der Waals surface area (Å²) in [7, 11) is 1.33. The minimum Gasteiger partial charge on any atom is -0.464 e. The molecule has 0 radical (unpaired) electrons. The first-order valence-corrected chi connectivity index (χ1v) is 9.66. The summed E-state index contributed by atoms with van der Waals surface area (Å²) < 4.78 is 6.69. The van der Waals surface area contributed by atoms with Crippen molar-refractivity contribution in [3.63, 3.8) is 0 Å². The molecule has 0 bridgehead atoms. The fourth-order valence-corrected chi connectivity index (χ4v) is 3.36. The molecule has 0 saturated carbocycles. The zero-order valence-electron chi connectivity index (χ0n) is 18.0. The Kier molecular flexibility index (Phi) is 8.25. The Balaban J connectivity index is 3.24. The van der Waals surface area contributed by atoms with E-state index in [9.17, 15) is 14.4 Å². The molecule has 1 aromatic rings. The smallest absolute Gasteiger partial charge is 0.354 e. The number of hydrogen-bond acceptors (Lipinski definition) is 4. The van der Waals surface area contributed by atoms with E-state index in [1.54, 1.807) is 16.4 Å². The predicted octanol–water partition coefficient (Wildman–Crippen LogP) is 3.62. The van der Waals surface area contributed by atoms with E-state index in [0.717, 1.165) is 12.1 Å². The molecule has 27 heavy (non-hydrogen) atoms. The number of carbonyl (C=O) groups excluding carboxylic acids is 3. The standard InChI is InChI=1S/C21H34N2O4/c1-9-23-16(7)18(15(6)19(23)21(26)27-8)17(24)12-22(11-10-13(2)3)20(25)14(4)5/h13-14H,9-12H2,1-8H3. The van der Waals surface area contributed by atoms with E-state index in [1.807, 2.05) is 27.7 Å². The molecule has 0 aromatic carbocycles. The molecule has 0 aliphatic heterocycles. The lowest BCUT2D eigenvalue weighted by Gasteiger charge is -2.25. The second-order valence-electron chi connectivity index (χ2n) is 7.69. The average molecular weight is 379 g/mol. The van der Waals surface area contributed by atoms with Crippen molar-refractivity contribution >= 4 is 17.7 Å². The van der Waals surface area contributed by atoms with Crippen LogP contribution in [0.4, 0.5) is 0 Å². The quantitative estimate of drug-likeness (QED) is 0.486. The van der Waals surface area contributed by atoms with E-state index in [1.165, 1.54) is 7.11 Å². The van der Waals surface area contributed by atoms with Gasteiger partial charge in [0.2, 0.25) is 5.91 Å². The Hall–Kier alpha value is -2.11. The van der Waals surface area contributed by atoms with E-state index in [-0.39, 0.29) is 24.2 Å². The van der Waals surface area contributed by atoms with E-state index < -0.39 is 5.97 Å². The number of nitrogens with zero attached hydrogens (tertiary/aromatic N) is 2. The van der Waals surface area contributed by atoms with Crippen LogP contribution in [0.1, 0.15) is 73.1 Å². The van der Waals surface area contributed by atoms with Gasteiger partial charge >= 0.3 is 5.97 Å². The summed E-state index contributed by atoms with van der Waals surface area (Å²) in [6.07, 6.45) is 0.840. The number of carbonyl (C=O) groups is 3. The van der Waals surface area contributed by atoms with Crippen LogP contribution in [0.25, 0.3) is 0 Å². The Morgan fingerprint density at radius 1 is 1.11 bits per heavy atom. The van der Waals surface area contributed by atoms with Crippen LogP contribution in [0.3, 0.4) is 0 Å². The zero-order valence-corrected chi connectivity index (χ0v) is 18.0. The first kappa shape index (κ1) is 22.9. The Bertz CT molecular complexity index is 702. The number of esters is 1. The lowest BCUT2D eigenvalue weighted by Crippen LogP contribution is -2.39. The van der Waals surface area contributed by atoms with Crippen LogP contribution >= 0.6 is 0 Å². The van der Waals surface area contributed by atoms with Crippen molar-refractivity contribution in [3.05, 3.63) is 22.5 Å². The van der Waals surface area contributed by atoms with Gasteiger partial charge in [0.05, 0.1) is 13.7 Å². The van der Waals surface area contributed by atoms with E-state index in [0.29, 0.717) is 35.8 Å². The maximum Gasteiger partial charge on any atom is 0.354 e. The molecule has 0 saturated heterocycles. The van der Waals surface area contributed by atoms with Crippen molar-refractivity contribution < 1.29 is 19.1 Å². The van der Waals surface area contributed by atoms with Crippen molar-refractivity contribution in [2.24, 2.45) is 11.8 Å².